The molecule has 0 saturated heterocycles. The average Bonchev–Trinajstić information content (AvgIpc) is 3.17. The zero-order chi connectivity index (χ0) is 20.6. The molecule has 3 rings (SSSR count). The van der Waals surface area contributed by atoms with Crippen LogP contribution in [0.1, 0.15) is 12.7 Å². The fourth-order valence-corrected chi connectivity index (χ4v) is 3.10. The maximum Gasteiger partial charge on any atom is 0.307 e. The quantitative estimate of drug-likeness (QED) is 0.177. The van der Waals surface area contributed by atoms with Gasteiger partial charge in [-0.15, -0.1) is 0 Å². The number of amides is 2. The number of hydrogen-bond donors (Lipinski definition) is 3. The Morgan fingerprint density at radius 1 is 1.17 bits per heavy atom. The predicted molar refractivity (Wildman–Crippen MR) is 111 cm³/mol. The summed E-state index contributed by atoms with van der Waals surface area (Å²) in [7, 11) is 0. The van der Waals surface area contributed by atoms with Gasteiger partial charge in [0.2, 0.25) is 5.91 Å². The first-order chi connectivity index (χ1) is 14.0. The number of benzene rings is 2. The Morgan fingerprint density at radius 3 is 2.66 bits per heavy atom. The Labute approximate surface area is 171 Å². The molecule has 8 heteroatoms. The van der Waals surface area contributed by atoms with Crippen LogP contribution in [0.3, 0.4) is 0 Å². The number of carbonyl (C=O) groups excluding carboxylic acids is 2. The summed E-state index contributed by atoms with van der Waals surface area (Å²) in [5.74, 6) is 1.04. The number of fused-ring (bicyclic) bond motifs is 1. The molecule has 0 bridgehead atoms. The molecule has 3 N–H and O–H groups in total. The Bertz CT molecular complexity index is 994. The second kappa shape index (κ2) is 9.81. The van der Waals surface area contributed by atoms with E-state index in [1.807, 2.05) is 37.3 Å². The minimum Gasteiger partial charge on any atom is -0.492 e. The minimum atomic E-state index is -0.563. The Morgan fingerprint density at radius 2 is 1.93 bits per heavy atom. The van der Waals surface area contributed by atoms with Crippen LogP contribution in [0.5, 0.6) is 5.75 Å². The highest BCUT2D eigenvalue weighted by atomic mass is 32.2. The molecule has 2 aromatic carbocycles. The smallest absolute Gasteiger partial charge is 0.307 e. The lowest BCUT2D eigenvalue weighted by atomic mass is 10.2. The molecule has 29 heavy (non-hydrogen) atoms. The number of ether oxygens (including phenoxy) is 1. The number of rotatable bonds is 7. The molecule has 0 aliphatic heterocycles. The molecular weight excluding hydrogens is 392 g/mol. The third-order valence-corrected chi connectivity index (χ3v) is 4.74. The van der Waals surface area contributed by atoms with E-state index in [1.165, 1.54) is 6.08 Å². The molecule has 3 aromatic rings. The largest absolute Gasteiger partial charge is 0.492 e. The van der Waals surface area contributed by atoms with Crippen molar-refractivity contribution in [3.63, 3.8) is 0 Å². The zero-order valence-electron chi connectivity index (χ0n) is 15.7. The van der Waals surface area contributed by atoms with Crippen molar-refractivity contribution in [2.75, 3.05) is 13.2 Å². The van der Waals surface area contributed by atoms with E-state index in [0.29, 0.717) is 29.6 Å². The van der Waals surface area contributed by atoms with E-state index in [9.17, 15) is 9.59 Å². The molecule has 7 nitrogen and oxygen atoms in total. The first-order valence-corrected chi connectivity index (χ1v) is 9.66. The van der Waals surface area contributed by atoms with E-state index in [2.05, 4.69) is 5.32 Å². The van der Waals surface area contributed by atoms with Crippen molar-refractivity contribution in [3.8, 4) is 5.75 Å². The van der Waals surface area contributed by atoms with Gasteiger partial charge in [-0.05, 0) is 60.7 Å². The summed E-state index contributed by atoms with van der Waals surface area (Å²) in [4.78, 5) is 23.8. The van der Waals surface area contributed by atoms with Crippen molar-refractivity contribution in [2.24, 2.45) is 0 Å². The standard InChI is InChI=1S/C21H20N2O5S/c1-14(19-13-15-4-2-3-5-18(15)28-19)12-20(24)22-10-11-27-16-6-8-17(9-7-16)29-21(25)23-26/h2-9,12-13,26H,10-11H2,1H3,(H,22,24)(H,23,25)/b14-12+. The molecule has 0 unspecified atom stereocenters. The lowest BCUT2D eigenvalue weighted by Crippen LogP contribution is -2.26. The topological polar surface area (TPSA) is 101 Å². The van der Waals surface area contributed by atoms with Gasteiger partial charge in [0.1, 0.15) is 23.7 Å². The second-order valence-corrected chi connectivity index (χ2v) is 7.13. The maximum absolute atomic E-state index is 12.1. The number of thioether (sulfide) groups is 1. The van der Waals surface area contributed by atoms with Crippen LogP contribution in [0.25, 0.3) is 16.5 Å². The molecule has 0 radical (unpaired) electrons. The van der Waals surface area contributed by atoms with E-state index in [4.69, 9.17) is 14.4 Å². The Hall–Kier alpha value is -3.23. The van der Waals surface area contributed by atoms with Crippen LogP contribution in [0.2, 0.25) is 0 Å². The van der Waals surface area contributed by atoms with Crippen LogP contribution in [0.4, 0.5) is 4.79 Å². The molecule has 0 spiro atoms. The summed E-state index contributed by atoms with van der Waals surface area (Å²) >= 11 is 0.863. The molecule has 0 fully saturated rings. The third-order valence-electron chi connectivity index (χ3n) is 3.96. The lowest BCUT2D eigenvalue weighted by molar-refractivity contribution is -0.116. The van der Waals surface area contributed by atoms with Crippen molar-refractivity contribution in [1.29, 1.82) is 0 Å². The highest BCUT2D eigenvalue weighted by Crippen LogP contribution is 2.24. The van der Waals surface area contributed by atoms with Gasteiger partial charge in [0.15, 0.2) is 0 Å². The van der Waals surface area contributed by atoms with E-state index in [0.717, 1.165) is 28.3 Å². The first kappa shape index (κ1) is 20.5. The molecule has 0 atom stereocenters. The lowest BCUT2D eigenvalue weighted by Gasteiger charge is -2.07. The summed E-state index contributed by atoms with van der Waals surface area (Å²) in [5.41, 5.74) is 3.07. The van der Waals surface area contributed by atoms with E-state index < -0.39 is 5.24 Å². The summed E-state index contributed by atoms with van der Waals surface area (Å²) in [6, 6.07) is 16.4. The fourth-order valence-electron chi connectivity index (χ4n) is 2.57. The number of furan rings is 1. The molecule has 1 aromatic heterocycles. The van der Waals surface area contributed by atoms with Gasteiger partial charge in [0, 0.05) is 16.4 Å². The number of carbonyl (C=O) groups is 2. The van der Waals surface area contributed by atoms with Crippen molar-refractivity contribution in [3.05, 3.63) is 66.4 Å². The van der Waals surface area contributed by atoms with E-state index >= 15 is 0 Å². The summed E-state index contributed by atoms with van der Waals surface area (Å²) in [5, 5.41) is 11.7. The van der Waals surface area contributed by atoms with Crippen molar-refractivity contribution in [1.82, 2.24) is 10.8 Å². The van der Waals surface area contributed by atoms with Gasteiger partial charge in [-0.3, -0.25) is 14.8 Å². The summed E-state index contributed by atoms with van der Waals surface area (Å²) in [6.45, 7) is 2.46. The third kappa shape index (κ3) is 5.87. The van der Waals surface area contributed by atoms with Gasteiger partial charge < -0.3 is 14.5 Å². The molecule has 0 saturated carbocycles. The molecule has 0 aliphatic rings. The minimum absolute atomic E-state index is 0.228. The SMILES string of the molecule is C/C(=C\C(=O)NCCOc1ccc(SC(=O)NO)cc1)c1cc2ccccc2o1. The van der Waals surface area contributed by atoms with E-state index in [-0.39, 0.29) is 5.91 Å². The highest BCUT2D eigenvalue weighted by Gasteiger charge is 2.07. The Kier molecular flexibility index (Phi) is 6.94. The number of allylic oxidation sites excluding steroid dienone is 1. The van der Waals surface area contributed by atoms with Gasteiger partial charge in [-0.2, -0.15) is 0 Å². The summed E-state index contributed by atoms with van der Waals surface area (Å²) in [6.07, 6.45) is 1.50. The normalized spacial score (nSPS) is 11.3. The van der Waals surface area contributed by atoms with Gasteiger partial charge in [0.25, 0.3) is 0 Å². The van der Waals surface area contributed by atoms with Crippen molar-refractivity contribution in [2.45, 2.75) is 11.8 Å². The predicted octanol–water partition coefficient (Wildman–Crippen LogP) is 4.22. The molecule has 1 heterocycles. The number of hydrogen-bond acceptors (Lipinski definition) is 6. The van der Waals surface area contributed by atoms with Crippen LogP contribution in [-0.2, 0) is 4.79 Å². The Balaban J connectivity index is 1.44. The first-order valence-electron chi connectivity index (χ1n) is 8.85. The summed E-state index contributed by atoms with van der Waals surface area (Å²) < 4.78 is 11.3. The van der Waals surface area contributed by atoms with Gasteiger partial charge in [-0.25, -0.2) is 5.48 Å². The molecular formula is C21H20N2O5S. The van der Waals surface area contributed by atoms with Crippen LogP contribution >= 0.6 is 11.8 Å². The monoisotopic (exact) mass is 412 g/mol. The van der Waals surface area contributed by atoms with Crippen LogP contribution in [-0.4, -0.2) is 29.5 Å². The number of hydroxylamine groups is 1. The molecule has 0 aliphatic carbocycles. The highest BCUT2D eigenvalue weighted by molar-refractivity contribution is 8.13. The molecule has 150 valence electrons. The average molecular weight is 412 g/mol. The van der Waals surface area contributed by atoms with Gasteiger partial charge >= 0.3 is 5.24 Å². The second-order valence-electron chi connectivity index (χ2n) is 6.09. The number of nitrogens with one attached hydrogen (secondary N) is 2. The van der Waals surface area contributed by atoms with Crippen LogP contribution in [0, 0.1) is 0 Å². The van der Waals surface area contributed by atoms with Gasteiger partial charge in [-0.1, -0.05) is 18.2 Å². The zero-order valence-corrected chi connectivity index (χ0v) is 16.5. The van der Waals surface area contributed by atoms with E-state index in [1.54, 1.807) is 29.7 Å². The van der Waals surface area contributed by atoms with Crippen LogP contribution < -0.4 is 15.5 Å². The fraction of sp³-hybridized carbons (Fsp3) is 0.143. The number of para-hydroxylation sites is 1. The van der Waals surface area contributed by atoms with Gasteiger partial charge in [0.05, 0.1) is 6.54 Å². The van der Waals surface area contributed by atoms with Crippen molar-refractivity contribution >= 4 is 39.5 Å². The van der Waals surface area contributed by atoms with Crippen molar-refractivity contribution < 1.29 is 24.0 Å². The van der Waals surface area contributed by atoms with Crippen LogP contribution in [0.15, 0.2) is 70.0 Å². The molecule has 2 amide bonds. The maximum atomic E-state index is 12.1.